The van der Waals surface area contributed by atoms with Gasteiger partial charge in [-0.05, 0) is 43.0 Å². The Morgan fingerprint density at radius 3 is 2.63 bits per heavy atom. The number of piperidine rings is 1. The van der Waals surface area contributed by atoms with Crippen LogP contribution in [0, 0.1) is 5.92 Å². The molecule has 0 saturated carbocycles. The first-order valence-corrected chi connectivity index (χ1v) is 11.0. The Balaban J connectivity index is 1.50. The number of nitrogens with one attached hydrogen (secondary N) is 2. The maximum Gasteiger partial charge on any atom is 0.253 e. The van der Waals surface area contributed by atoms with E-state index in [-0.39, 0.29) is 22.7 Å². The van der Waals surface area contributed by atoms with E-state index in [4.69, 9.17) is 11.6 Å². The van der Waals surface area contributed by atoms with Crippen LogP contribution >= 0.6 is 23.4 Å². The second-order valence-electron chi connectivity index (χ2n) is 7.56. The first-order chi connectivity index (χ1) is 12.9. The smallest absolute Gasteiger partial charge is 0.253 e. The van der Waals surface area contributed by atoms with Gasteiger partial charge in [0, 0.05) is 36.0 Å². The standard InChI is InChI=1S/C20H28ClN3O2S/c1-3-14(2)12-22-18(25)17-13-27-20(23-17)8-10-24(11-9-20)19(26)15-4-6-16(21)7-5-15/h4-7,14,17,23H,3,8-13H2,1-2H3,(H,22,25). The summed E-state index contributed by atoms with van der Waals surface area (Å²) in [5.41, 5.74) is 0.671. The molecule has 0 aliphatic carbocycles. The molecule has 2 aliphatic rings. The third kappa shape index (κ3) is 4.98. The number of carbonyl (C=O) groups excluding carboxylic acids is 2. The highest BCUT2D eigenvalue weighted by Crippen LogP contribution is 2.39. The fraction of sp³-hybridized carbons (Fsp3) is 0.600. The molecule has 5 nitrogen and oxygen atoms in total. The summed E-state index contributed by atoms with van der Waals surface area (Å²) < 4.78 is 0. The molecule has 2 aliphatic heterocycles. The quantitative estimate of drug-likeness (QED) is 0.784. The van der Waals surface area contributed by atoms with E-state index in [0.717, 1.165) is 31.6 Å². The van der Waals surface area contributed by atoms with E-state index < -0.39 is 0 Å². The van der Waals surface area contributed by atoms with E-state index in [1.807, 2.05) is 16.7 Å². The predicted octanol–water partition coefficient (Wildman–Crippen LogP) is 3.14. The molecule has 1 aromatic carbocycles. The molecule has 2 amide bonds. The minimum absolute atomic E-state index is 0.0485. The maximum atomic E-state index is 12.7. The van der Waals surface area contributed by atoms with Crippen molar-refractivity contribution in [2.75, 3.05) is 25.4 Å². The molecule has 2 saturated heterocycles. The van der Waals surface area contributed by atoms with Crippen LogP contribution in [-0.4, -0.2) is 53.0 Å². The van der Waals surface area contributed by atoms with Gasteiger partial charge in [0.1, 0.15) is 0 Å². The van der Waals surface area contributed by atoms with Crippen molar-refractivity contribution in [1.82, 2.24) is 15.5 Å². The summed E-state index contributed by atoms with van der Waals surface area (Å²) in [6.07, 6.45) is 2.77. The number of nitrogens with zero attached hydrogens (tertiary/aromatic N) is 1. The lowest BCUT2D eigenvalue weighted by Gasteiger charge is -2.39. The van der Waals surface area contributed by atoms with Gasteiger partial charge < -0.3 is 10.2 Å². The first-order valence-electron chi connectivity index (χ1n) is 9.66. The Bertz CT molecular complexity index is 674. The molecule has 7 heteroatoms. The molecular formula is C20H28ClN3O2S. The van der Waals surface area contributed by atoms with Gasteiger partial charge in [0.15, 0.2) is 0 Å². The molecule has 148 valence electrons. The van der Waals surface area contributed by atoms with Gasteiger partial charge in [-0.25, -0.2) is 0 Å². The molecule has 3 rings (SSSR count). The predicted molar refractivity (Wildman–Crippen MR) is 111 cm³/mol. The molecule has 0 bridgehead atoms. The van der Waals surface area contributed by atoms with E-state index in [9.17, 15) is 9.59 Å². The fourth-order valence-electron chi connectivity index (χ4n) is 3.46. The fourth-order valence-corrected chi connectivity index (χ4v) is 5.01. The summed E-state index contributed by atoms with van der Waals surface area (Å²) in [7, 11) is 0. The summed E-state index contributed by atoms with van der Waals surface area (Å²) >= 11 is 7.73. The Kier molecular flexibility index (Phi) is 6.71. The van der Waals surface area contributed by atoms with Crippen LogP contribution in [0.25, 0.3) is 0 Å². The number of hydrogen-bond donors (Lipinski definition) is 2. The molecule has 1 aromatic rings. The van der Waals surface area contributed by atoms with Gasteiger partial charge in [-0.2, -0.15) is 0 Å². The highest BCUT2D eigenvalue weighted by molar-refractivity contribution is 8.01. The monoisotopic (exact) mass is 409 g/mol. The Labute approximate surface area is 170 Å². The number of carbonyl (C=O) groups is 2. The SMILES string of the molecule is CCC(C)CNC(=O)C1CSC2(CCN(C(=O)c3ccc(Cl)cc3)CC2)N1. The average molecular weight is 410 g/mol. The lowest BCUT2D eigenvalue weighted by atomic mass is 10.0. The van der Waals surface area contributed by atoms with E-state index >= 15 is 0 Å². The van der Waals surface area contributed by atoms with Crippen LogP contribution in [0.3, 0.4) is 0 Å². The zero-order valence-corrected chi connectivity index (χ0v) is 17.5. The van der Waals surface area contributed by atoms with E-state index in [1.54, 1.807) is 24.3 Å². The molecule has 0 radical (unpaired) electrons. The van der Waals surface area contributed by atoms with Crippen LogP contribution in [-0.2, 0) is 4.79 Å². The van der Waals surface area contributed by atoms with Crippen molar-refractivity contribution in [3.8, 4) is 0 Å². The van der Waals surface area contributed by atoms with Crippen LogP contribution in [0.2, 0.25) is 5.02 Å². The zero-order valence-electron chi connectivity index (χ0n) is 16.0. The molecule has 27 heavy (non-hydrogen) atoms. The third-order valence-electron chi connectivity index (χ3n) is 5.55. The average Bonchev–Trinajstić information content (AvgIpc) is 3.10. The largest absolute Gasteiger partial charge is 0.354 e. The van der Waals surface area contributed by atoms with Crippen LogP contribution < -0.4 is 10.6 Å². The number of halogens is 1. The number of rotatable bonds is 5. The topological polar surface area (TPSA) is 61.4 Å². The molecule has 1 spiro atoms. The number of amides is 2. The number of likely N-dealkylation sites (tertiary alicyclic amines) is 1. The van der Waals surface area contributed by atoms with Crippen LogP contribution in [0.5, 0.6) is 0 Å². The Morgan fingerprint density at radius 1 is 1.33 bits per heavy atom. The van der Waals surface area contributed by atoms with Crippen molar-refractivity contribution < 1.29 is 9.59 Å². The number of hydrogen-bond acceptors (Lipinski definition) is 4. The Morgan fingerprint density at radius 2 is 2.00 bits per heavy atom. The van der Waals surface area contributed by atoms with Crippen molar-refractivity contribution in [1.29, 1.82) is 0 Å². The van der Waals surface area contributed by atoms with Crippen molar-refractivity contribution in [2.45, 2.75) is 44.0 Å². The molecule has 2 N–H and O–H groups in total. The maximum absolute atomic E-state index is 12.7. The minimum Gasteiger partial charge on any atom is -0.354 e. The zero-order chi connectivity index (χ0) is 19.4. The third-order valence-corrected chi connectivity index (χ3v) is 7.38. The van der Waals surface area contributed by atoms with Crippen LogP contribution in [0.1, 0.15) is 43.5 Å². The van der Waals surface area contributed by atoms with Gasteiger partial charge in [0.2, 0.25) is 5.91 Å². The van der Waals surface area contributed by atoms with E-state index in [0.29, 0.717) is 29.6 Å². The van der Waals surface area contributed by atoms with Crippen molar-refractivity contribution in [3.63, 3.8) is 0 Å². The van der Waals surface area contributed by atoms with Gasteiger partial charge >= 0.3 is 0 Å². The van der Waals surface area contributed by atoms with Crippen LogP contribution in [0.4, 0.5) is 0 Å². The van der Waals surface area contributed by atoms with Gasteiger partial charge in [0.25, 0.3) is 5.91 Å². The Hall–Kier alpha value is -1.24. The molecule has 2 unspecified atom stereocenters. The van der Waals surface area contributed by atoms with Crippen molar-refractivity contribution >= 4 is 35.2 Å². The highest BCUT2D eigenvalue weighted by Gasteiger charge is 2.44. The molecular weight excluding hydrogens is 382 g/mol. The summed E-state index contributed by atoms with van der Waals surface area (Å²) in [5, 5.41) is 7.24. The van der Waals surface area contributed by atoms with Gasteiger partial charge in [-0.15, -0.1) is 11.8 Å². The molecule has 2 heterocycles. The normalized spacial score (nSPS) is 22.6. The van der Waals surface area contributed by atoms with Gasteiger partial charge in [-0.3, -0.25) is 14.9 Å². The summed E-state index contributed by atoms with van der Waals surface area (Å²) in [5.74, 6) is 1.43. The molecule has 2 atom stereocenters. The van der Waals surface area contributed by atoms with Gasteiger partial charge in [-0.1, -0.05) is 31.9 Å². The van der Waals surface area contributed by atoms with E-state index in [1.165, 1.54) is 0 Å². The van der Waals surface area contributed by atoms with Crippen LogP contribution in [0.15, 0.2) is 24.3 Å². The van der Waals surface area contributed by atoms with Crippen molar-refractivity contribution in [3.05, 3.63) is 34.9 Å². The number of benzene rings is 1. The lowest BCUT2D eigenvalue weighted by Crippen LogP contribution is -2.54. The number of thioether (sulfide) groups is 1. The van der Waals surface area contributed by atoms with Gasteiger partial charge in [0.05, 0.1) is 10.9 Å². The second kappa shape index (κ2) is 8.84. The van der Waals surface area contributed by atoms with Crippen molar-refractivity contribution in [2.24, 2.45) is 5.92 Å². The second-order valence-corrected chi connectivity index (χ2v) is 9.40. The highest BCUT2D eigenvalue weighted by atomic mass is 35.5. The minimum atomic E-state index is -0.141. The molecule has 2 fully saturated rings. The summed E-state index contributed by atoms with van der Waals surface area (Å²) in [6, 6.07) is 6.90. The first kappa shape index (κ1) is 20.5. The lowest BCUT2D eigenvalue weighted by molar-refractivity contribution is -0.122. The van der Waals surface area contributed by atoms with E-state index in [2.05, 4.69) is 24.5 Å². The summed E-state index contributed by atoms with van der Waals surface area (Å²) in [4.78, 5) is 26.9. The molecule has 0 aromatic heterocycles. The summed E-state index contributed by atoms with van der Waals surface area (Å²) in [6.45, 7) is 6.40.